The Bertz CT molecular complexity index is 908. The summed E-state index contributed by atoms with van der Waals surface area (Å²) in [6.45, 7) is 2.10. The van der Waals surface area contributed by atoms with E-state index in [-0.39, 0.29) is 0 Å². The van der Waals surface area contributed by atoms with Gasteiger partial charge in [-0.3, -0.25) is 0 Å². The van der Waals surface area contributed by atoms with Gasteiger partial charge in [0.25, 0.3) is 0 Å². The minimum absolute atomic E-state index is 0.627. The van der Waals surface area contributed by atoms with Gasteiger partial charge in [0.15, 0.2) is 0 Å². The van der Waals surface area contributed by atoms with Crippen molar-refractivity contribution in [2.45, 2.75) is 12.5 Å². The van der Waals surface area contributed by atoms with Crippen molar-refractivity contribution in [3.63, 3.8) is 0 Å². The molecule has 0 fully saturated rings. The number of benzene rings is 3. The zero-order chi connectivity index (χ0) is 17.1. The van der Waals surface area contributed by atoms with E-state index in [1.165, 1.54) is 5.56 Å². The van der Waals surface area contributed by atoms with Gasteiger partial charge in [-0.1, -0.05) is 90.5 Å². The smallest absolute Gasteiger partial charge is 0.141 e. The van der Waals surface area contributed by atoms with Gasteiger partial charge in [-0.25, -0.2) is 4.68 Å². The van der Waals surface area contributed by atoms with E-state index >= 15 is 0 Å². The summed E-state index contributed by atoms with van der Waals surface area (Å²) in [5.41, 5.74) is 3.91. The molecule has 3 aromatic carbocycles. The topological polar surface area (TPSA) is 43.6 Å². The molecule has 122 valence electrons. The highest BCUT2D eigenvalue weighted by Crippen LogP contribution is 2.40. The van der Waals surface area contributed by atoms with Crippen LogP contribution in [0.2, 0.25) is 0 Å². The van der Waals surface area contributed by atoms with Crippen LogP contribution in [0.5, 0.6) is 0 Å². The quantitative estimate of drug-likeness (QED) is 0.536. The molecule has 0 aliphatic heterocycles. The molecule has 0 amide bonds. The molecule has 4 nitrogen and oxygen atoms in total. The summed E-state index contributed by atoms with van der Waals surface area (Å²) in [5.74, 6) is 0. The largest absolute Gasteiger partial charge is 0.213 e. The van der Waals surface area contributed by atoms with Crippen LogP contribution < -0.4 is 0 Å². The van der Waals surface area contributed by atoms with E-state index in [1.807, 2.05) is 41.1 Å². The zero-order valence-corrected chi connectivity index (χ0v) is 13.9. The van der Waals surface area contributed by atoms with Crippen molar-refractivity contribution < 1.29 is 0 Å². The van der Waals surface area contributed by atoms with Crippen LogP contribution in [0.15, 0.2) is 91.3 Å². The van der Waals surface area contributed by atoms with Crippen LogP contribution >= 0.6 is 0 Å². The van der Waals surface area contributed by atoms with E-state index in [1.54, 1.807) is 6.33 Å². The van der Waals surface area contributed by atoms with E-state index in [0.29, 0.717) is 0 Å². The maximum atomic E-state index is 4.30. The third-order valence-corrected chi connectivity index (χ3v) is 4.51. The summed E-state index contributed by atoms with van der Waals surface area (Å²) in [6, 6.07) is 29.2. The summed E-state index contributed by atoms with van der Waals surface area (Å²) in [7, 11) is 0. The van der Waals surface area contributed by atoms with Gasteiger partial charge in [-0.05, 0) is 34.0 Å². The Morgan fingerprint density at radius 2 is 1.32 bits per heavy atom. The average molecular weight is 326 g/mol. The number of tetrazole rings is 1. The summed E-state index contributed by atoms with van der Waals surface area (Å²) in [5, 5.41) is 12.1. The number of hydrogen-bond donors (Lipinski definition) is 0. The van der Waals surface area contributed by atoms with E-state index in [9.17, 15) is 0 Å². The van der Waals surface area contributed by atoms with Crippen molar-refractivity contribution in [1.29, 1.82) is 0 Å². The van der Waals surface area contributed by atoms with Gasteiger partial charge in [0, 0.05) is 0 Å². The van der Waals surface area contributed by atoms with Crippen molar-refractivity contribution in [2.75, 3.05) is 0 Å². The standard InChI is InChI=1S/C21H18N4/c1-17-9-8-14-20(15-17)21(25-16-22-23-24-25,18-10-4-2-5-11-18)19-12-6-3-7-13-19/h2-16H,1H3. The van der Waals surface area contributed by atoms with Crippen LogP contribution in [0, 0.1) is 6.92 Å². The van der Waals surface area contributed by atoms with Crippen LogP contribution in [-0.4, -0.2) is 20.2 Å². The molecule has 1 aromatic heterocycles. The Labute approximate surface area is 146 Å². The molecule has 0 aliphatic carbocycles. The van der Waals surface area contributed by atoms with E-state index in [2.05, 4.69) is 71.0 Å². The van der Waals surface area contributed by atoms with Crippen LogP contribution in [0.3, 0.4) is 0 Å². The van der Waals surface area contributed by atoms with Gasteiger partial charge >= 0.3 is 0 Å². The molecule has 4 aromatic rings. The van der Waals surface area contributed by atoms with Gasteiger partial charge < -0.3 is 0 Å². The first-order chi connectivity index (χ1) is 12.3. The molecule has 0 bridgehead atoms. The first-order valence-electron chi connectivity index (χ1n) is 8.23. The van der Waals surface area contributed by atoms with Crippen molar-refractivity contribution in [1.82, 2.24) is 20.2 Å². The molecule has 0 atom stereocenters. The monoisotopic (exact) mass is 326 g/mol. The molecule has 0 unspecified atom stereocenters. The molecule has 4 heteroatoms. The Kier molecular flexibility index (Phi) is 3.86. The normalized spacial score (nSPS) is 11.4. The second-order valence-corrected chi connectivity index (χ2v) is 6.07. The minimum Gasteiger partial charge on any atom is -0.213 e. The fourth-order valence-corrected chi connectivity index (χ4v) is 3.44. The number of rotatable bonds is 4. The molecule has 0 radical (unpaired) electrons. The predicted molar refractivity (Wildman–Crippen MR) is 97.2 cm³/mol. The van der Waals surface area contributed by atoms with Crippen LogP contribution in [-0.2, 0) is 5.54 Å². The summed E-state index contributed by atoms with van der Waals surface area (Å²) in [4.78, 5) is 0. The third kappa shape index (κ3) is 2.52. The molecule has 0 saturated heterocycles. The predicted octanol–water partition coefficient (Wildman–Crippen LogP) is 3.82. The highest BCUT2D eigenvalue weighted by molar-refractivity contribution is 5.50. The van der Waals surface area contributed by atoms with E-state index in [4.69, 9.17) is 0 Å². The molecular formula is C21H18N4. The summed E-state index contributed by atoms with van der Waals surface area (Å²) in [6.07, 6.45) is 1.68. The maximum absolute atomic E-state index is 4.30. The lowest BCUT2D eigenvalue weighted by Crippen LogP contribution is -2.38. The van der Waals surface area contributed by atoms with E-state index < -0.39 is 5.54 Å². The molecule has 25 heavy (non-hydrogen) atoms. The van der Waals surface area contributed by atoms with Crippen LogP contribution in [0.4, 0.5) is 0 Å². The van der Waals surface area contributed by atoms with Crippen LogP contribution in [0.1, 0.15) is 22.3 Å². The fourth-order valence-electron chi connectivity index (χ4n) is 3.44. The minimum atomic E-state index is -0.627. The Morgan fingerprint density at radius 1 is 0.720 bits per heavy atom. The first-order valence-corrected chi connectivity index (χ1v) is 8.23. The van der Waals surface area contributed by atoms with Gasteiger partial charge in [-0.2, -0.15) is 0 Å². The summed E-state index contributed by atoms with van der Waals surface area (Å²) >= 11 is 0. The van der Waals surface area contributed by atoms with Gasteiger partial charge in [0.2, 0.25) is 0 Å². The SMILES string of the molecule is Cc1cccc(C(c2ccccc2)(c2ccccc2)n2cnnn2)c1. The van der Waals surface area contributed by atoms with E-state index in [0.717, 1.165) is 16.7 Å². The molecule has 0 N–H and O–H groups in total. The second kappa shape index (κ2) is 6.32. The Morgan fingerprint density at radius 3 is 1.84 bits per heavy atom. The van der Waals surface area contributed by atoms with Crippen molar-refractivity contribution in [3.8, 4) is 0 Å². The molecule has 0 spiro atoms. The highest BCUT2D eigenvalue weighted by atomic mass is 15.5. The molecule has 0 saturated carbocycles. The molecule has 1 heterocycles. The number of aryl methyl sites for hydroxylation is 1. The van der Waals surface area contributed by atoms with Gasteiger partial charge in [0.1, 0.15) is 11.9 Å². The average Bonchev–Trinajstić information content (AvgIpc) is 3.19. The van der Waals surface area contributed by atoms with Gasteiger partial charge in [0.05, 0.1) is 0 Å². The maximum Gasteiger partial charge on any atom is 0.141 e. The lowest BCUT2D eigenvalue weighted by atomic mass is 9.77. The first kappa shape index (κ1) is 15.3. The summed E-state index contributed by atoms with van der Waals surface area (Å²) < 4.78 is 1.84. The van der Waals surface area contributed by atoms with Crippen LogP contribution in [0.25, 0.3) is 0 Å². The molecule has 0 aliphatic rings. The van der Waals surface area contributed by atoms with Gasteiger partial charge in [-0.15, -0.1) is 5.10 Å². The Hall–Kier alpha value is -3.27. The number of nitrogens with zero attached hydrogens (tertiary/aromatic N) is 4. The van der Waals surface area contributed by atoms with Crippen molar-refractivity contribution in [3.05, 3.63) is 114 Å². The second-order valence-electron chi connectivity index (χ2n) is 6.07. The molecule has 4 rings (SSSR count). The fraction of sp³-hybridized carbons (Fsp3) is 0.0952. The number of aromatic nitrogens is 4. The Balaban J connectivity index is 2.13. The lowest BCUT2D eigenvalue weighted by molar-refractivity contribution is 0.446. The third-order valence-electron chi connectivity index (χ3n) is 4.51. The zero-order valence-electron chi connectivity index (χ0n) is 13.9. The number of hydrogen-bond acceptors (Lipinski definition) is 3. The lowest BCUT2D eigenvalue weighted by Gasteiger charge is -2.35. The van der Waals surface area contributed by atoms with Crippen molar-refractivity contribution in [2.24, 2.45) is 0 Å². The molecular weight excluding hydrogens is 308 g/mol. The highest BCUT2D eigenvalue weighted by Gasteiger charge is 2.39. The van der Waals surface area contributed by atoms with Crippen molar-refractivity contribution >= 4 is 0 Å².